The summed E-state index contributed by atoms with van der Waals surface area (Å²) in [6.07, 6.45) is 1.53. The number of aromatic nitrogens is 3. The molecule has 0 amide bonds. The molecule has 3 rings (SSSR count). The molecule has 88 valence electrons. The summed E-state index contributed by atoms with van der Waals surface area (Å²) in [5.41, 5.74) is 0.337. The maximum Gasteiger partial charge on any atom is 0.333 e. The van der Waals surface area contributed by atoms with Crippen molar-refractivity contribution >= 4 is 11.0 Å². The van der Waals surface area contributed by atoms with Crippen molar-refractivity contribution in [1.29, 1.82) is 0 Å². The van der Waals surface area contributed by atoms with Gasteiger partial charge in [-0.25, -0.2) is 14.3 Å². The zero-order chi connectivity index (χ0) is 12.5. The maximum atomic E-state index is 12.2. The molecule has 0 fully saturated rings. The van der Waals surface area contributed by atoms with Crippen LogP contribution in [0.4, 0.5) is 0 Å². The molecule has 1 aromatic carbocycles. The van der Waals surface area contributed by atoms with Crippen molar-refractivity contribution in [3.8, 4) is 5.69 Å². The first-order chi connectivity index (χ1) is 8.77. The molecule has 0 bridgehead atoms. The van der Waals surface area contributed by atoms with Crippen molar-refractivity contribution in [3.63, 3.8) is 0 Å². The molecule has 1 N–H and O–H groups in total. The lowest BCUT2D eigenvalue weighted by Crippen LogP contribution is -2.33. The maximum absolute atomic E-state index is 12.2. The third kappa shape index (κ3) is 1.53. The van der Waals surface area contributed by atoms with Crippen LogP contribution in [0.1, 0.15) is 0 Å². The van der Waals surface area contributed by atoms with Crippen molar-refractivity contribution in [2.24, 2.45) is 0 Å². The van der Waals surface area contributed by atoms with Crippen LogP contribution in [-0.2, 0) is 0 Å². The van der Waals surface area contributed by atoms with Gasteiger partial charge < -0.3 is 4.98 Å². The van der Waals surface area contributed by atoms with E-state index >= 15 is 0 Å². The quantitative estimate of drug-likeness (QED) is 0.690. The van der Waals surface area contributed by atoms with Gasteiger partial charge in [0, 0.05) is 6.20 Å². The number of benzene rings is 1. The number of fused-ring (bicyclic) bond motifs is 1. The Hall–Kier alpha value is -2.69. The average molecular weight is 239 g/mol. The molecule has 0 radical (unpaired) electrons. The second kappa shape index (κ2) is 3.96. The van der Waals surface area contributed by atoms with Gasteiger partial charge in [-0.15, -0.1) is 0 Å². The lowest BCUT2D eigenvalue weighted by molar-refractivity contribution is 0.895. The third-order valence-electron chi connectivity index (χ3n) is 2.67. The minimum absolute atomic E-state index is 0.251. The van der Waals surface area contributed by atoms with Crippen molar-refractivity contribution in [2.75, 3.05) is 0 Å². The van der Waals surface area contributed by atoms with Crippen molar-refractivity contribution in [1.82, 2.24) is 14.5 Å². The molecule has 0 aliphatic heterocycles. The standard InChI is InChI=1S/C13H9N3O2/c17-12-11-10(7-4-8-14-11)15-13(18)16(12)9-5-2-1-3-6-9/h1-8H,(H,15,18). The van der Waals surface area contributed by atoms with E-state index in [4.69, 9.17) is 0 Å². The summed E-state index contributed by atoms with van der Waals surface area (Å²) in [4.78, 5) is 30.8. The predicted octanol–water partition coefficient (Wildman–Crippen LogP) is 1.07. The summed E-state index contributed by atoms with van der Waals surface area (Å²) in [5.74, 6) is 0. The zero-order valence-corrected chi connectivity index (χ0v) is 9.33. The lowest BCUT2D eigenvalue weighted by atomic mass is 10.3. The van der Waals surface area contributed by atoms with Crippen LogP contribution in [0.5, 0.6) is 0 Å². The summed E-state index contributed by atoms with van der Waals surface area (Å²) in [7, 11) is 0. The van der Waals surface area contributed by atoms with Crippen LogP contribution < -0.4 is 11.2 Å². The van der Waals surface area contributed by atoms with Crippen molar-refractivity contribution < 1.29 is 0 Å². The molecule has 0 spiro atoms. The molecule has 2 heterocycles. The first kappa shape index (κ1) is 10.5. The number of hydrogen-bond acceptors (Lipinski definition) is 3. The topological polar surface area (TPSA) is 67.8 Å². The summed E-state index contributed by atoms with van der Waals surface area (Å²) in [6.45, 7) is 0. The monoisotopic (exact) mass is 239 g/mol. The van der Waals surface area contributed by atoms with Crippen LogP contribution in [0.15, 0.2) is 58.3 Å². The van der Waals surface area contributed by atoms with Crippen LogP contribution in [0.2, 0.25) is 0 Å². The molecule has 0 unspecified atom stereocenters. The van der Waals surface area contributed by atoms with Crippen molar-refractivity contribution in [3.05, 3.63) is 69.5 Å². The summed E-state index contributed by atoms with van der Waals surface area (Å²) >= 11 is 0. The highest BCUT2D eigenvalue weighted by atomic mass is 16.2. The lowest BCUT2D eigenvalue weighted by Gasteiger charge is -2.05. The Balaban J connectivity index is 2.45. The number of para-hydroxylation sites is 1. The summed E-state index contributed by atoms with van der Waals surface area (Å²) in [5, 5.41) is 0. The molecular weight excluding hydrogens is 230 g/mol. The fraction of sp³-hybridized carbons (Fsp3) is 0. The molecule has 0 saturated heterocycles. The van der Waals surface area contributed by atoms with Gasteiger partial charge in [-0.1, -0.05) is 18.2 Å². The second-order valence-corrected chi connectivity index (χ2v) is 3.81. The third-order valence-corrected chi connectivity index (χ3v) is 2.67. The Bertz CT molecular complexity index is 819. The van der Waals surface area contributed by atoms with Crippen LogP contribution in [0, 0.1) is 0 Å². The second-order valence-electron chi connectivity index (χ2n) is 3.81. The van der Waals surface area contributed by atoms with Crippen LogP contribution in [-0.4, -0.2) is 14.5 Å². The number of pyridine rings is 1. The SMILES string of the molecule is O=c1[nH]c2cccnc2c(=O)n1-c1ccccc1. The molecule has 0 aliphatic carbocycles. The molecule has 18 heavy (non-hydrogen) atoms. The van der Waals surface area contributed by atoms with Gasteiger partial charge in [0.1, 0.15) is 0 Å². The van der Waals surface area contributed by atoms with E-state index < -0.39 is 11.2 Å². The van der Waals surface area contributed by atoms with E-state index in [1.54, 1.807) is 36.4 Å². The average Bonchev–Trinajstić information content (AvgIpc) is 2.40. The summed E-state index contributed by atoms with van der Waals surface area (Å²) < 4.78 is 1.08. The molecular formula is C13H9N3O2. The molecule has 0 atom stereocenters. The van der Waals surface area contributed by atoms with Gasteiger partial charge in [-0.05, 0) is 24.3 Å². The van der Waals surface area contributed by atoms with E-state index in [0.29, 0.717) is 11.2 Å². The fourth-order valence-electron chi connectivity index (χ4n) is 1.86. The van der Waals surface area contributed by atoms with Gasteiger partial charge in [0.2, 0.25) is 0 Å². The Kier molecular flexibility index (Phi) is 2.30. The number of H-pyrrole nitrogens is 1. The Labute approximate surface area is 101 Å². The summed E-state index contributed by atoms with van der Waals surface area (Å²) in [6, 6.07) is 12.1. The molecule has 3 aromatic rings. The smallest absolute Gasteiger partial charge is 0.305 e. The Morgan fingerprint density at radius 2 is 1.78 bits per heavy atom. The van der Waals surface area contributed by atoms with Crippen LogP contribution in [0.25, 0.3) is 16.7 Å². The van der Waals surface area contributed by atoms with Gasteiger partial charge in [0.25, 0.3) is 5.56 Å². The first-order valence-corrected chi connectivity index (χ1v) is 5.43. The van der Waals surface area contributed by atoms with E-state index in [9.17, 15) is 9.59 Å². The zero-order valence-electron chi connectivity index (χ0n) is 9.33. The molecule has 0 saturated carbocycles. The minimum atomic E-state index is -0.466. The number of nitrogens with zero attached hydrogens (tertiary/aromatic N) is 2. The van der Waals surface area contributed by atoms with Gasteiger partial charge in [0.05, 0.1) is 11.2 Å². The number of hydrogen-bond donors (Lipinski definition) is 1. The minimum Gasteiger partial charge on any atom is -0.305 e. The number of aromatic amines is 1. The molecule has 5 nitrogen and oxygen atoms in total. The number of nitrogens with one attached hydrogen (secondary N) is 1. The highest BCUT2D eigenvalue weighted by Crippen LogP contribution is 2.04. The molecule has 2 aromatic heterocycles. The molecule has 0 aliphatic rings. The van der Waals surface area contributed by atoms with E-state index in [1.165, 1.54) is 6.20 Å². The van der Waals surface area contributed by atoms with Gasteiger partial charge in [-0.2, -0.15) is 0 Å². The van der Waals surface area contributed by atoms with E-state index in [0.717, 1.165) is 4.57 Å². The Morgan fingerprint density at radius 1 is 1.00 bits per heavy atom. The first-order valence-electron chi connectivity index (χ1n) is 5.43. The Morgan fingerprint density at radius 3 is 2.56 bits per heavy atom. The van der Waals surface area contributed by atoms with Crippen LogP contribution >= 0.6 is 0 Å². The van der Waals surface area contributed by atoms with Gasteiger partial charge in [-0.3, -0.25) is 4.79 Å². The number of rotatable bonds is 1. The van der Waals surface area contributed by atoms with Gasteiger partial charge >= 0.3 is 5.69 Å². The van der Waals surface area contributed by atoms with Crippen molar-refractivity contribution in [2.45, 2.75) is 0 Å². The predicted molar refractivity (Wildman–Crippen MR) is 68.0 cm³/mol. The largest absolute Gasteiger partial charge is 0.333 e. The normalized spacial score (nSPS) is 10.7. The fourth-order valence-corrected chi connectivity index (χ4v) is 1.86. The molecule has 5 heteroatoms. The highest BCUT2D eigenvalue weighted by molar-refractivity contribution is 5.72. The van der Waals surface area contributed by atoms with E-state index in [-0.39, 0.29) is 5.52 Å². The van der Waals surface area contributed by atoms with Gasteiger partial charge in [0.15, 0.2) is 5.52 Å². The van der Waals surface area contributed by atoms with E-state index in [2.05, 4.69) is 9.97 Å². The van der Waals surface area contributed by atoms with Crippen LogP contribution in [0.3, 0.4) is 0 Å². The highest BCUT2D eigenvalue weighted by Gasteiger charge is 2.09. The van der Waals surface area contributed by atoms with E-state index in [1.807, 2.05) is 6.07 Å².